The number of nitrogens with zero attached hydrogens (tertiary/aromatic N) is 1. The van der Waals surface area contributed by atoms with Crippen LogP contribution in [0.5, 0.6) is 0 Å². The summed E-state index contributed by atoms with van der Waals surface area (Å²) in [7, 11) is 0. The Morgan fingerprint density at radius 3 is 2.58 bits per heavy atom. The van der Waals surface area contributed by atoms with Crippen LogP contribution in [0.4, 0.5) is 5.69 Å². The van der Waals surface area contributed by atoms with Crippen molar-refractivity contribution in [2.24, 2.45) is 23.7 Å². The Balaban J connectivity index is 1.32. The second-order valence-electron chi connectivity index (χ2n) is 12.5. The zero-order valence-electron chi connectivity index (χ0n) is 22.8. The van der Waals surface area contributed by atoms with E-state index in [1.807, 2.05) is 48.2 Å². The highest BCUT2D eigenvalue weighted by Crippen LogP contribution is 2.56. The van der Waals surface area contributed by atoms with Crippen LogP contribution in [0.3, 0.4) is 0 Å². The monoisotopic (exact) mass is 519 g/mol. The van der Waals surface area contributed by atoms with E-state index in [1.165, 1.54) is 6.42 Å². The quantitative estimate of drug-likeness (QED) is 0.566. The van der Waals surface area contributed by atoms with Crippen LogP contribution in [0.2, 0.25) is 0 Å². The summed E-state index contributed by atoms with van der Waals surface area (Å²) in [4.78, 5) is 43.9. The SMILES string of the molecule is Cc1cccc(NC(=O)[C@H]2[C@H]3C=C[C@@]4(O3)[C@H]2C(=O)N(C2CCCCC2)[C@@H]4C(=O)N[C@@H]2CCC[C@H](C)[C@@H]2C)c1. The van der Waals surface area contributed by atoms with Gasteiger partial charge in [-0.3, -0.25) is 14.4 Å². The average Bonchev–Trinajstić information content (AvgIpc) is 3.54. The van der Waals surface area contributed by atoms with Gasteiger partial charge in [0, 0.05) is 17.8 Å². The lowest BCUT2D eigenvalue weighted by Gasteiger charge is -2.40. The standard InChI is InChI=1S/C31H41N3O4/c1-18-9-7-11-21(17-18)32-28(35)25-24-15-16-31(38-24)26(25)30(37)34(22-12-5-4-6-13-22)27(31)29(36)33-23-14-8-10-19(2)20(23)3/h7,9,11,15-17,19-20,22-27H,4-6,8,10,12-14H2,1-3H3,(H,32,35)(H,33,36)/t19-,20-,23+,24+,25-,26+,27+,31+/m0/s1. The number of carbonyl (C=O) groups is 3. The molecule has 3 amide bonds. The Bertz CT molecular complexity index is 1140. The number of aryl methyl sites for hydroxylation is 1. The lowest BCUT2D eigenvalue weighted by Crippen LogP contribution is -2.59. The number of ether oxygens (including phenoxy) is 1. The van der Waals surface area contributed by atoms with E-state index in [2.05, 4.69) is 24.5 Å². The third kappa shape index (κ3) is 4.09. The van der Waals surface area contributed by atoms with E-state index in [0.717, 1.165) is 50.5 Å². The molecular weight excluding hydrogens is 478 g/mol. The van der Waals surface area contributed by atoms with Crippen LogP contribution in [0.25, 0.3) is 0 Å². The fourth-order valence-corrected chi connectivity index (χ4v) is 7.95. The van der Waals surface area contributed by atoms with E-state index < -0.39 is 29.6 Å². The van der Waals surface area contributed by atoms with E-state index in [1.54, 1.807) is 0 Å². The van der Waals surface area contributed by atoms with Crippen LogP contribution >= 0.6 is 0 Å². The maximum absolute atomic E-state index is 14.3. The van der Waals surface area contributed by atoms with Crippen LogP contribution in [0.15, 0.2) is 36.4 Å². The molecule has 2 N–H and O–H groups in total. The highest BCUT2D eigenvalue weighted by molar-refractivity contribution is 6.03. The fourth-order valence-electron chi connectivity index (χ4n) is 7.95. The molecule has 204 valence electrons. The Morgan fingerprint density at radius 2 is 1.82 bits per heavy atom. The maximum atomic E-state index is 14.3. The molecule has 2 bridgehead atoms. The first-order valence-electron chi connectivity index (χ1n) is 14.7. The molecule has 2 saturated carbocycles. The Kier molecular flexibility index (Phi) is 6.61. The molecule has 38 heavy (non-hydrogen) atoms. The second-order valence-corrected chi connectivity index (χ2v) is 12.5. The van der Waals surface area contributed by atoms with Crippen molar-refractivity contribution in [3.05, 3.63) is 42.0 Å². The van der Waals surface area contributed by atoms with Crippen LogP contribution in [0, 0.1) is 30.6 Å². The maximum Gasteiger partial charge on any atom is 0.246 e. The molecule has 1 aromatic carbocycles. The van der Waals surface area contributed by atoms with Gasteiger partial charge in [-0.05, 0) is 55.7 Å². The minimum atomic E-state index is -1.10. The highest BCUT2D eigenvalue weighted by atomic mass is 16.5. The molecule has 7 heteroatoms. The predicted octanol–water partition coefficient (Wildman–Crippen LogP) is 4.36. The normalized spacial score (nSPS) is 38.3. The summed E-state index contributed by atoms with van der Waals surface area (Å²) < 4.78 is 6.55. The zero-order chi connectivity index (χ0) is 26.6. The van der Waals surface area contributed by atoms with Gasteiger partial charge >= 0.3 is 0 Å². The summed E-state index contributed by atoms with van der Waals surface area (Å²) in [6, 6.07) is 7.02. The molecule has 1 spiro atoms. The predicted molar refractivity (Wildman–Crippen MR) is 145 cm³/mol. The number of nitrogens with one attached hydrogen (secondary N) is 2. The van der Waals surface area contributed by atoms with Crippen molar-refractivity contribution in [3.63, 3.8) is 0 Å². The summed E-state index contributed by atoms with van der Waals surface area (Å²) in [5, 5.41) is 6.39. The molecule has 5 aliphatic rings. The number of rotatable bonds is 5. The molecule has 3 aliphatic heterocycles. The van der Waals surface area contributed by atoms with Crippen molar-refractivity contribution in [1.82, 2.24) is 10.2 Å². The van der Waals surface area contributed by atoms with Crippen molar-refractivity contribution in [1.29, 1.82) is 0 Å². The van der Waals surface area contributed by atoms with Crippen LogP contribution in [0.1, 0.15) is 70.8 Å². The molecule has 6 rings (SSSR count). The van der Waals surface area contributed by atoms with Gasteiger partial charge in [0.25, 0.3) is 0 Å². The first kappa shape index (κ1) is 25.6. The van der Waals surface area contributed by atoms with Crippen molar-refractivity contribution >= 4 is 23.4 Å². The van der Waals surface area contributed by atoms with Crippen LogP contribution in [-0.4, -0.2) is 52.5 Å². The smallest absolute Gasteiger partial charge is 0.246 e. The molecule has 1 aromatic rings. The van der Waals surface area contributed by atoms with Gasteiger partial charge in [0.15, 0.2) is 0 Å². The second kappa shape index (κ2) is 9.82. The van der Waals surface area contributed by atoms with Gasteiger partial charge in [-0.1, -0.05) is 70.2 Å². The van der Waals surface area contributed by atoms with Crippen molar-refractivity contribution in [2.45, 2.75) is 102 Å². The molecule has 4 fully saturated rings. The largest absolute Gasteiger partial charge is 0.359 e. The molecular formula is C31H41N3O4. The first-order valence-corrected chi connectivity index (χ1v) is 14.7. The van der Waals surface area contributed by atoms with E-state index in [0.29, 0.717) is 17.5 Å². The Labute approximate surface area is 225 Å². The van der Waals surface area contributed by atoms with Crippen molar-refractivity contribution in [2.75, 3.05) is 5.32 Å². The van der Waals surface area contributed by atoms with Gasteiger partial charge in [0.2, 0.25) is 17.7 Å². The average molecular weight is 520 g/mol. The number of likely N-dealkylation sites (tertiary alicyclic amines) is 1. The molecule has 3 heterocycles. The molecule has 0 unspecified atom stereocenters. The van der Waals surface area contributed by atoms with Gasteiger partial charge in [0.05, 0.1) is 17.9 Å². The summed E-state index contributed by atoms with van der Waals surface area (Å²) in [6.45, 7) is 6.46. The highest BCUT2D eigenvalue weighted by Gasteiger charge is 2.73. The number of benzene rings is 1. The van der Waals surface area contributed by atoms with E-state index >= 15 is 0 Å². The van der Waals surface area contributed by atoms with E-state index in [9.17, 15) is 14.4 Å². The number of amides is 3. The van der Waals surface area contributed by atoms with Gasteiger partial charge in [-0.15, -0.1) is 0 Å². The topological polar surface area (TPSA) is 87.7 Å². The molecule has 0 aromatic heterocycles. The minimum Gasteiger partial charge on any atom is -0.359 e. The minimum absolute atomic E-state index is 0.00575. The fraction of sp³-hybridized carbons (Fsp3) is 0.645. The molecule has 2 saturated heterocycles. The summed E-state index contributed by atoms with van der Waals surface area (Å²) in [6.07, 6.45) is 11.6. The Hall–Kier alpha value is -2.67. The van der Waals surface area contributed by atoms with Gasteiger partial charge < -0.3 is 20.3 Å². The van der Waals surface area contributed by atoms with Crippen molar-refractivity contribution in [3.8, 4) is 0 Å². The molecule has 2 aliphatic carbocycles. The number of hydrogen-bond donors (Lipinski definition) is 2. The number of fused-ring (bicyclic) bond motifs is 1. The van der Waals surface area contributed by atoms with Gasteiger partial charge in [-0.25, -0.2) is 0 Å². The van der Waals surface area contributed by atoms with Crippen LogP contribution < -0.4 is 10.6 Å². The number of carbonyl (C=O) groups excluding carboxylic acids is 3. The van der Waals surface area contributed by atoms with E-state index in [4.69, 9.17) is 4.74 Å². The number of anilines is 1. The van der Waals surface area contributed by atoms with Crippen molar-refractivity contribution < 1.29 is 19.1 Å². The Morgan fingerprint density at radius 1 is 1.03 bits per heavy atom. The third-order valence-corrected chi connectivity index (χ3v) is 10.2. The zero-order valence-corrected chi connectivity index (χ0v) is 22.8. The summed E-state index contributed by atoms with van der Waals surface area (Å²) in [5.74, 6) is -0.864. The lowest BCUT2D eigenvalue weighted by molar-refractivity contribution is -0.145. The summed E-state index contributed by atoms with van der Waals surface area (Å²) >= 11 is 0. The van der Waals surface area contributed by atoms with Gasteiger partial charge in [0.1, 0.15) is 11.6 Å². The van der Waals surface area contributed by atoms with E-state index in [-0.39, 0.29) is 29.8 Å². The molecule has 7 nitrogen and oxygen atoms in total. The lowest BCUT2D eigenvalue weighted by atomic mass is 9.73. The first-order chi connectivity index (χ1) is 18.3. The third-order valence-electron chi connectivity index (χ3n) is 10.2. The summed E-state index contributed by atoms with van der Waals surface area (Å²) in [5.41, 5.74) is 0.661. The van der Waals surface area contributed by atoms with Crippen LogP contribution in [-0.2, 0) is 19.1 Å². The number of hydrogen-bond acceptors (Lipinski definition) is 4. The molecule has 0 radical (unpaired) electrons. The molecule has 8 atom stereocenters. The van der Waals surface area contributed by atoms with Gasteiger partial charge in [-0.2, -0.15) is 0 Å².